The maximum Gasteiger partial charge on any atom is 0.134 e. The number of rotatable bonds is 4. The molecule has 1 nitrogen and oxygen atoms in total. The number of carbonyl (C=O) groups excluding carboxylic acids is 1. The second-order valence-corrected chi connectivity index (χ2v) is 4.54. The van der Waals surface area contributed by atoms with E-state index in [4.69, 9.17) is 0 Å². The zero-order valence-corrected chi connectivity index (χ0v) is 7.95. The molecule has 64 valence electrons. The van der Waals surface area contributed by atoms with Gasteiger partial charge in [0.25, 0.3) is 0 Å². The fourth-order valence-corrected chi connectivity index (χ4v) is 2.74. The molecule has 0 aromatic rings. The Hall–Kier alpha value is 0.0200. The van der Waals surface area contributed by atoms with Gasteiger partial charge in [0.2, 0.25) is 0 Å². The third-order valence-corrected chi connectivity index (χ3v) is 3.41. The molecule has 0 N–H and O–H groups in total. The Bertz CT molecular complexity index is 128. The third kappa shape index (κ3) is 3.28. The molecule has 1 aliphatic heterocycles. The first-order valence-corrected chi connectivity index (χ1v) is 5.51. The van der Waals surface area contributed by atoms with Crippen LogP contribution in [0, 0.1) is 0 Å². The summed E-state index contributed by atoms with van der Waals surface area (Å²) in [6, 6.07) is 0. The number of ketones is 1. The molecule has 0 spiro atoms. The van der Waals surface area contributed by atoms with Crippen LogP contribution in [-0.4, -0.2) is 16.8 Å². The number of hydrogen-bond donors (Lipinski definition) is 0. The van der Waals surface area contributed by atoms with E-state index in [2.05, 4.69) is 6.92 Å². The predicted molar refractivity (Wildman–Crippen MR) is 50.0 cm³/mol. The lowest BCUT2D eigenvalue weighted by molar-refractivity contribution is -0.119. The molecule has 0 aromatic carbocycles. The number of Topliss-reactive ketones (excluding diaryl/α,β-unsaturated/α-hetero) is 1. The third-order valence-electron chi connectivity index (χ3n) is 2.01. The average Bonchev–Trinajstić information content (AvgIpc) is 2.40. The lowest BCUT2D eigenvalue weighted by Crippen LogP contribution is -2.06. The molecule has 2 heteroatoms. The van der Waals surface area contributed by atoms with Crippen LogP contribution in [0.1, 0.15) is 39.0 Å². The zero-order valence-electron chi connectivity index (χ0n) is 7.14. The molecule has 0 aromatic heterocycles. The molecule has 1 atom stereocenters. The second-order valence-electron chi connectivity index (χ2n) is 3.13. The molecule has 1 saturated heterocycles. The lowest BCUT2D eigenvalue weighted by Gasteiger charge is -2.05. The van der Waals surface area contributed by atoms with E-state index in [-0.39, 0.29) is 0 Å². The Labute approximate surface area is 72.9 Å². The Kier molecular flexibility index (Phi) is 3.98. The molecule has 0 radical (unpaired) electrons. The van der Waals surface area contributed by atoms with Gasteiger partial charge >= 0.3 is 0 Å². The summed E-state index contributed by atoms with van der Waals surface area (Å²) < 4.78 is 0. The minimum absolute atomic E-state index is 0.465. The van der Waals surface area contributed by atoms with E-state index in [0.717, 1.165) is 19.3 Å². The maximum atomic E-state index is 11.2. The zero-order chi connectivity index (χ0) is 8.10. The van der Waals surface area contributed by atoms with Gasteiger partial charge in [-0.05, 0) is 25.0 Å². The molecular weight excluding hydrogens is 156 g/mol. The van der Waals surface area contributed by atoms with E-state index in [1.54, 1.807) is 0 Å². The fraction of sp³-hybridized carbons (Fsp3) is 0.889. The van der Waals surface area contributed by atoms with Gasteiger partial charge in [0.15, 0.2) is 0 Å². The molecular formula is C9H16OS. The molecule has 1 unspecified atom stereocenters. The monoisotopic (exact) mass is 172 g/mol. The van der Waals surface area contributed by atoms with Crippen molar-refractivity contribution in [3.8, 4) is 0 Å². The van der Waals surface area contributed by atoms with Gasteiger partial charge < -0.3 is 0 Å². The summed E-state index contributed by atoms with van der Waals surface area (Å²) in [5, 5.41) is 0.661. The van der Waals surface area contributed by atoms with E-state index in [0.29, 0.717) is 11.0 Å². The van der Waals surface area contributed by atoms with Gasteiger partial charge in [0.05, 0.1) is 0 Å². The largest absolute Gasteiger partial charge is 0.300 e. The minimum atomic E-state index is 0.465. The standard InChI is InChI=1S/C9H16OS/c1-2-4-8(10)7-9-5-3-6-11-9/h9H,2-7H2,1H3. The van der Waals surface area contributed by atoms with Crippen LogP contribution in [0.5, 0.6) is 0 Å². The summed E-state index contributed by atoms with van der Waals surface area (Å²) in [5.74, 6) is 1.73. The van der Waals surface area contributed by atoms with E-state index in [9.17, 15) is 4.79 Å². The highest BCUT2D eigenvalue weighted by Crippen LogP contribution is 2.29. The Balaban J connectivity index is 2.13. The quantitative estimate of drug-likeness (QED) is 0.648. The van der Waals surface area contributed by atoms with E-state index < -0.39 is 0 Å². The van der Waals surface area contributed by atoms with Crippen molar-refractivity contribution >= 4 is 17.5 Å². The van der Waals surface area contributed by atoms with E-state index in [1.807, 2.05) is 11.8 Å². The van der Waals surface area contributed by atoms with Crippen molar-refractivity contribution in [2.75, 3.05) is 5.75 Å². The lowest BCUT2D eigenvalue weighted by atomic mass is 10.1. The Morgan fingerprint density at radius 2 is 2.45 bits per heavy atom. The molecule has 1 aliphatic rings. The van der Waals surface area contributed by atoms with Gasteiger partial charge in [-0.15, -0.1) is 0 Å². The normalized spacial score (nSPS) is 23.9. The van der Waals surface area contributed by atoms with Crippen LogP contribution in [0.4, 0.5) is 0 Å². The van der Waals surface area contributed by atoms with Crippen LogP contribution in [0.15, 0.2) is 0 Å². The number of thioether (sulfide) groups is 1. The molecule has 0 amide bonds. The summed E-state index contributed by atoms with van der Waals surface area (Å²) >= 11 is 1.98. The summed E-state index contributed by atoms with van der Waals surface area (Å²) in [4.78, 5) is 11.2. The molecule has 11 heavy (non-hydrogen) atoms. The van der Waals surface area contributed by atoms with Crippen LogP contribution < -0.4 is 0 Å². The van der Waals surface area contributed by atoms with Crippen LogP contribution in [0.3, 0.4) is 0 Å². The first kappa shape index (κ1) is 9.11. The van der Waals surface area contributed by atoms with Crippen molar-refractivity contribution in [3.63, 3.8) is 0 Å². The van der Waals surface area contributed by atoms with Gasteiger partial charge in [-0.25, -0.2) is 0 Å². The minimum Gasteiger partial charge on any atom is -0.300 e. The van der Waals surface area contributed by atoms with Crippen molar-refractivity contribution < 1.29 is 4.79 Å². The summed E-state index contributed by atoms with van der Waals surface area (Å²) in [6.45, 7) is 2.07. The summed E-state index contributed by atoms with van der Waals surface area (Å²) in [6.07, 6.45) is 5.21. The Morgan fingerprint density at radius 1 is 1.64 bits per heavy atom. The van der Waals surface area contributed by atoms with Gasteiger partial charge in [-0.3, -0.25) is 4.79 Å². The van der Waals surface area contributed by atoms with Crippen molar-refractivity contribution in [3.05, 3.63) is 0 Å². The topological polar surface area (TPSA) is 17.1 Å². The van der Waals surface area contributed by atoms with Gasteiger partial charge in [-0.2, -0.15) is 11.8 Å². The van der Waals surface area contributed by atoms with Gasteiger partial charge in [0, 0.05) is 18.1 Å². The highest BCUT2D eigenvalue weighted by molar-refractivity contribution is 8.00. The first-order valence-electron chi connectivity index (χ1n) is 4.46. The molecule has 1 rings (SSSR count). The van der Waals surface area contributed by atoms with Crippen LogP contribution in [-0.2, 0) is 4.79 Å². The molecule has 1 heterocycles. The highest BCUT2D eigenvalue weighted by atomic mass is 32.2. The van der Waals surface area contributed by atoms with Crippen molar-refractivity contribution in [1.82, 2.24) is 0 Å². The SMILES string of the molecule is CCCC(=O)CC1CCCS1. The molecule has 1 fully saturated rings. The van der Waals surface area contributed by atoms with Crippen LogP contribution in [0.25, 0.3) is 0 Å². The van der Waals surface area contributed by atoms with Crippen molar-refractivity contribution in [2.24, 2.45) is 0 Å². The first-order chi connectivity index (χ1) is 5.33. The predicted octanol–water partition coefficient (Wildman–Crippen LogP) is 2.64. The van der Waals surface area contributed by atoms with Gasteiger partial charge in [0.1, 0.15) is 5.78 Å². The van der Waals surface area contributed by atoms with Crippen LogP contribution >= 0.6 is 11.8 Å². The maximum absolute atomic E-state index is 11.2. The average molecular weight is 172 g/mol. The van der Waals surface area contributed by atoms with Crippen LogP contribution in [0.2, 0.25) is 0 Å². The molecule has 0 aliphatic carbocycles. The smallest absolute Gasteiger partial charge is 0.134 e. The van der Waals surface area contributed by atoms with Crippen molar-refractivity contribution in [1.29, 1.82) is 0 Å². The van der Waals surface area contributed by atoms with E-state index >= 15 is 0 Å². The fourth-order valence-electron chi connectivity index (χ4n) is 1.44. The summed E-state index contributed by atoms with van der Waals surface area (Å²) in [7, 11) is 0. The van der Waals surface area contributed by atoms with Crippen molar-refractivity contribution in [2.45, 2.75) is 44.3 Å². The second kappa shape index (κ2) is 4.81. The summed E-state index contributed by atoms with van der Waals surface area (Å²) in [5.41, 5.74) is 0. The molecule has 0 saturated carbocycles. The Morgan fingerprint density at radius 3 is 3.00 bits per heavy atom. The number of carbonyl (C=O) groups is 1. The number of hydrogen-bond acceptors (Lipinski definition) is 2. The van der Waals surface area contributed by atoms with E-state index in [1.165, 1.54) is 18.6 Å². The highest BCUT2D eigenvalue weighted by Gasteiger charge is 2.17. The van der Waals surface area contributed by atoms with Gasteiger partial charge in [-0.1, -0.05) is 6.92 Å². The molecule has 0 bridgehead atoms.